The van der Waals surface area contributed by atoms with Crippen LogP contribution in [0.2, 0.25) is 0 Å². The van der Waals surface area contributed by atoms with Crippen LogP contribution < -0.4 is 26.5 Å². The monoisotopic (exact) mass is 664 g/mol. The summed E-state index contributed by atoms with van der Waals surface area (Å²) in [5, 5.41) is 8.46. The quantitative estimate of drug-likeness (QED) is 0.419. The second kappa shape index (κ2) is 15.8. The molecule has 0 aromatic heterocycles. The van der Waals surface area contributed by atoms with Crippen molar-refractivity contribution in [3.05, 3.63) is 51.9 Å². The fourth-order valence-electron chi connectivity index (χ4n) is 5.16. The molecule has 3 amide bonds. The average Bonchev–Trinajstić information content (AvgIpc) is 2.99. The van der Waals surface area contributed by atoms with Crippen LogP contribution in [0.25, 0.3) is 18.7 Å². The number of fused-ring (bicyclic) bond motifs is 14. The minimum Gasteiger partial charge on any atom is -0.460 e. The van der Waals surface area contributed by atoms with Gasteiger partial charge in [0, 0.05) is 6.54 Å². The molecule has 3 heterocycles. The van der Waals surface area contributed by atoms with Gasteiger partial charge in [0.1, 0.15) is 29.8 Å². The molecule has 4 bridgehead atoms. The van der Waals surface area contributed by atoms with E-state index in [-0.39, 0.29) is 12.5 Å². The van der Waals surface area contributed by atoms with Crippen molar-refractivity contribution in [3.8, 4) is 0 Å². The molecule has 4 atom stereocenters. The third-order valence-corrected chi connectivity index (χ3v) is 8.28. The summed E-state index contributed by atoms with van der Waals surface area (Å²) in [4.78, 5) is 67.3. The van der Waals surface area contributed by atoms with Gasteiger partial charge < -0.3 is 20.1 Å². The molecule has 3 aliphatic heterocycles. The number of ether oxygens (including phenoxy) is 2. The Balaban J connectivity index is 2.05. The highest BCUT2D eigenvalue weighted by molar-refractivity contribution is 5.95. The number of nitrogens with zero attached hydrogens (tertiary/aromatic N) is 1. The van der Waals surface area contributed by atoms with Crippen LogP contribution in [0.5, 0.6) is 0 Å². The summed E-state index contributed by atoms with van der Waals surface area (Å²) >= 11 is 0. The molecule has 262 valence electrons. The first kappa shape index (κ1) is 38.2. The van der Waals surface area contributed by atoms with Crippen LogP contribution in [0, 0.1) is 11.3 Å². The van der Waals surface area contributed by atoms with E-state index in [1.165, 1.54) is 5.01 Å². The Hall–Kier alpha value is -4.25. The van der Waals surface area contributed by atoms with Gasteiger partial charge in [0.25, 0.3) is 5.91 Å². The van der Waals surface area contributed by atoms with Crippen LogP contribution in [-0.4, -0.2) is 71.0 Å². The van der Waals surface area contributed by atoms with Crippen LogP contribution in [0.4, 0.5) is 0 Å². The summed E-state index contributed by atoms with van der Waals surface area (Å²) in [6, 6.07) is 2.58. The molecule has 4 rings (SSSR count). The van der Waals surface area contributed by atoms with Crippen LogP contribution in [0.1, 0.15) is 87.1 Å². The highest BCUT2D eigenvalue weighted by Gasteiger charge is 2.38. The van der Waals surface area contributed by atoms with Crippen molar-refractivity contribution in [3.63, 3.8) is 0 Å². The van der Waals surface area contributed by atoms with Gasteiger partial charge in [0.2, 0.25) is 11.8 Å². The fraction of sp³-hybridized carbons (Fsp3) is 0.541. The van der Waals surface area contributed by atoms with Gasteiger partial charge in [0.15, 0.2) is 0 Å². The molecule has 0 saturated carbocycles. The lowest BCUT2D eigenvalue weighted by Gasteiger charge is -2.36. The number of rotatable bonds is 3. The van der Waals surface area contributed by atoms with E-state index in [9.17, 15) is 24.0 Å². The number of hydrogen-bond acceptors (Lipinski definition) is 8. The van der Waals surface area contributed by atoms with Crippen LogP contribution in [-0.2, 0) is 33.4 Å². The van der Waals surface area contributed by atoms with E-state index in [4.69, 9.17) is 9.47 Å². The van der Waals surface area contributed by atoms with E-state index in [1.54, 1.807) is 61.5 Å². The number of benzene rings is 1. The van der Waals surface area contributed by atoms with E-state index in [1.807, 2.05) is 43.4 Å². The number of allylic oxidation sites excluding steroid dienone is 1. The molecule has 1 aromatic carbocycles. The zero-order chi connectivity index (χ0) is 36.0. The normalized spacial score (nSPS) is 27.1. The van der Waals surface area contributed by atoms with Gasteiger partial charge in [-0.05, 0) is 94.9 Å². The van der Waals surface area contributed by atoms with Gasteiger partial charge in [-0.25, -0.2) is 5.43 Å². The lowest BCUT2D eigenvalue weighted by molar-refractivity contribution is -0.160. The molecule has 0 aliphatic carbocycles. The van der Waals surface area contributed by atoms with Crippen molar-refractivity contribution in [2.75, 3.05) is 6.54 Å². The minimum atomic E-state index is -1.33. The predicted octanol–water partition coefficient (Wildman–Crippen LogP) is 2.66. The second-order valence-electron chi connectivity index (χ2n) is 14.5. The summed E-state index contributed by atoms with van der Waals surface area (Å²) in [6.07, 6.45) is 7.29. The Morgan fingerprint density at radius 3 is 2.44 bits per heavy atom. The van der Waals surface area contributed by atoms with Crippen molar-refractivity contribution >= 4 is 48.4 Å². The molecule has 1 aromatic rings. The van der Waals surface area contributed by atoms with Crippen molar-refractivity contribution in [2.45, 2.75) is 111 Å². The number of esters is 2. The van der Waals surface area contributed by atoms with Crippen molar-refractivity contribution in [1.29, 1.82) is 0 Å². The number of hydrazine groups is 1. The van der Waals surface area contributed by atoms with Gasteiger partial charge >= 0.3 is 11.9 Å². The molecule has 48 heavy (non-hydrogen) atoms. The Morgan fingerprint density at radius 2 is 1.81 bits per heavy atom. The van der Waals surface area contributed by atoms with Crippen LogP contribution >= 0.6 is 0 Å². The zero-order valence-corrected chi connectivity index (χ0v) is 29.8. The van der Waals surface area contributed by atoms with Gasteiger partial charge in [-0.3, -0.25) is 29.0 Å². The average molecular weight is 665 g/mol. The van der Waals surface area contributed by atoms with Gasteiger partial charge in [-0.15, -0.1) is 0 Å². The van der Waals surface area contributed by atoms with Crippen LogP contribution in [0.15, 0.2) is 35.9 Å². The van der Waals surface area contributed by atoms with E-state index < -0.39 is 71.3 Å². The van der Waals surface area contributed by atoms with Gasteiger partial charge in [0.05, 0.1) is 11.8 Å². The second-order valence-corrected chi connectivity index (χ2v) is 14.5. The minimum absolute atomic E-state index is 0.240. The van der Waals surface area contributed by atoms with Crippen LogP contribution in [0.3, 0.4) is 0 Å². The van der Waals surface area contributed by atoms with E-state index in [0.29, 0.717) is 12.8 Å². The highest BCUT2D eigenvalue weighted by Crippen LogP contribution is 2.21. The van der Waals surface area contributed by atoms with Gasteiger partial charge in [-0.2, -0.15) is 0 Å². The summed E-state index contributed by atoms with van der Waals surface area (Å²) in [5.41, 5.74) is 2.77. The summed E-state index contributed by atoms with van der Waals surface area (Å²) in [6.45, 7) is 20.2. The molecule has 11 heteroatoms. The Labute approximate surface area is 283 Å². The maximum absolute atomic E-state index is 13.9. The molecule has 1 fully saturated rings. The summed E-state index contributed by atoms with van der Waals surface area (Å²) in [7, 11) is 0. The highest BCUT2D eigenvalue weighted by atomic mass is 16.6. The maximum atomic E-state index is 13.9. The Morgan fingerprint density at radius 1 is 1.12 bits per heavy atom. The smallest absolute Gasteiger partial charge is 0.325 e. The van der Waals surface area contributed by atoms with E-state index in [2.05, 4.69) is 22.6 Å². The van der Waals surface area contributed by atoms with Crippen molar-refractivity contribution in [2.24, 2.45) is 11.3 Å². The van der Waals surface area contributed by atoms with E-state index >= 15 is 0 Å². The molecule has 3 aliphatic rings. The first-order valence-electron chi connectivity index (χ1n) is 16.6. The molecule has 3 N–H and O–H groups in total. The number of amides is 3. The number of carbonyl (C=O) groups excluding carboxylic acids is 5. The summed E-state index contributed by atoms with van der Waals surface area (Å²) in [5.74, 6) is -3.21. The molecular weight excluding hydrogens is 612 g/mol. The SMILES string of the molecule is C=c1cc2cc/c1=C/C=C(\C)[C@@H](C)OC(=O)[C@@H]1CCCN(N1)C(=O)[C@H](CC(=O)OC(C)(C)C)NC(=O)C(C(C)C)NC(=O)C(C)(C)/C=C/2. The predicted molar refractivity (Wildman–Crippen MR) is 185 cm³/mol. The molecule has 11 nitrogen and oxygen atoms in total. The largest absolute Gasteiger partial charge is 0.460 e. The third kappa shape index (κ3) is 10.6. The lowest BCUT2D eigenvalue weighted by atomic mass is 9.89. The van der Waals surface area contributed by atoms with Gasteiger partial charge in [-0.1, -0.05) is 56.9 Å². The first-order valence-corrected chi connectivity index (χ1v) is 16.6. The Bertz CT molecular complexity index is 1570. The number of nitrogens with one attached hydrogen (secondary N) is 3. The fourth-order valence-corrected chi connectivity index (χ4v) is 5.16. The number of hydrogen-bond donors (Lipinski definition) is 3. The number of carbonyl (C=O) groups is 5. The molecule has 1 unspecified atom stereocenters. The first-order chi connectivity index (χ1) is 22.3. The van der Waals surface area contributed by atoms with Crippen molar-refractivity contribution in [1.82, 2.24) is 21.1 Å². The maximum Gasteiger partial charge on any atom is 0.325 e. The zero-order valence-electron chi connectivity index (χ0n) is 29.8. The standard InChI is InChI=1S/C37H52N4O7/c1-22(2)31-32(43)38-29(21-30(42)48-36(6,7)8)33(44)41-19-11-12-28(40-41)34(45)47-25(5)23(3)13-15-27-16-14-26(20-24(27)4)17-18-37(9,10)35(46)39-31/h13-18,20,22,25,28-29,31,40H,4,11-12,19,21H2,1-3,5-10H3,(H,38,43)(H,39,46)/b18-17+,23-13+,27-15-/t25-,28+,29+,31?/m1/s1. The van der Waals surface area contributed by atoms with Crippen molar-refractivity contribution < 1.29 is 33.4 Å². The molecule has 0 radical (unpaired) electrons. The molecular formula is C37H52N4O7. The molecule has 0 spiro atoms. The third-order valence-electron chi connectivity index (χ3n) is 8.28. The topological polar surface area (TPSA) is 143 Å². The Kier molecular flexibility index (Phi) is 12.5. The van der Waals surface area contributed by atoms with E-state index in [0.717, 1.165) is 21.6 Å². The summed E-state index contributed by atoms with van der Waals surface area (Å²) < 4.78 is 11.2. The lowest BCUT2D eigenvalue weighted by Crippen LogP contribution is -2.62. The molecule has 1 saturated heterocycles.